The Morgan fingerprint density at radius 3 is 2.29 bits per heavy atom. The minimum absolute atomic E-state index is 0.353. The van der Waals surface area contributed by atoms with Crippen molar-refractivity contribution in [3.63, 3.8) is 0 Å². The number of carbonyl (C=O) groups is 1. The predicted molar refractivity (Wildman–Crippen MR) is 81.6 cm³/mol. The first-order valence-electron chi connectivity index (χ1n) is 6.66. The number of aromatic nitrogens is 2. The van der Waals surface area contributed by atoms with E-state index in [1.54, 1.807) is 12.1 Å². The van der Waals surface area contributed by atoms with Gasteiger partial charge in [-0.1, -0.05) is 24.3 Å². The molecule has 2 N–H and O–H groups in total. The van der Waals surface area contributed by atoms with E-state index in [4.69, 9.17) is 4.74 Å². The number of carbonyl (C=O) groups excluding carboxylic acids is 1. The van der Waals surface area contributed by atoms with Gasteiger partial charge >= 0.3 is 5.97 Å². The molecule has 4 nitrogen and oxygen atoms in total. The molecule has 0 atom stereocenters. The van der Waals surface area contributed by atoms with E-state index in [9.17, 15) is 4.79 Å². The molecule has 0 aliphatic carbocycles. The molecular formula is C17H12N2O2. The predicted octanol–water partition coefficient (Wildman–Crippen LogP) is 3.87. The van der Waals surface area contributed by atoms with Gasteiger partial charge < -0.3 is 14.7 Å². The number of nitrogens with one attached hydrogen (secondary N) is 2. The fourth-order valence-electron chi connectivity index (χ4n) is 2.56. The van der Waals surface area contributed by atoms with E-state index < -0.39 is 0 Å². The number of esters is 1. The van der Waals surface area contributed by atoms with E-state index in [-0.39, 0.29) is 5.97 Å². The molecule has 2 aromatic heterocycles. The molecule has 0 aliphatic heterocycles. The Morgan fingerprint density at radius 2 is 1.48 bits per heavy atom. The first kappa shape index (κ1) is 11.8. The number of hydrogen-bond acceptors (Lipinski definition) is 2. The molecule has 0 aliphatic rings. The highest BCUT2D eigenvalue weighted by atomic mass is 16.5. The highest BCUT2D eigenvalue weighted by molar-refractivity contribution is 6.06. The normalized spacial score (nSPS) is 11.0. The smallest absolute Gasteiger partial charge is 0.344 e. The lowest BCUT2D eigenvalue weighted by Gasteiger charge is -2.06. The van der Waals surface area contributed by atoms with Crippen molar-refractivity contribution in [1.82, 2.24) is 9.97 Å². The van der Waals surface area contributed by atoms with Gasteiger partial charge in [-0.3, -0.25) is 0 Å². The van der Waals surface area contributed by atoms with Gasteiger partial charge in [-0.15, -0.1) is 0 Å². The van der Waals surface area contributed by atoms with E-state index in [2.05, 4.69) is 9.97 Å². The molecule has 0 fully saturated rings. The quantitative estimate of drug-likeness (QED) is 0.431. The second-order valence-electron chi connectivity index (χ2n) is 4.87. The van der Waals surface area contributed by atoms with Crippen molar-refractivity contribution in [2.75, 3.05) is 0 Å². The van der Waals surface area contributed by atoms with Crippen LogP contribution in [0.4, 0.5) is 0 Å². The minimum Gasteiger partial charge on any atom is -0.422 e. The van der Waals surface area contributed by atoms with Gasteiger partial charge in [-0.05, 0) is 17.5 Å². The van der Waals surface area contributed by atoms with E-state index in [0.29, 0.717) is 11.3 Å². The number of rotatable bonds is 2. The molecule has 102 valence electrons. The van der Waals surface area contributed by atoms with Crippen LogP contribution in [-0.2, 0) is 0 Å². The van der Waals surface area contributed by atoms with Crippen LogP contribution in [0.3, 0.4) is 0 Å². The zero-order valence-corrected chi connectivity index (χ0v) is 11.1. The average molecular weight is 276 g/mol. The third-order valence-corrected chi connectivity index (χ3v) is 3.60. The largest absolute Gasteiger partial charge is 0.422 e. The number of aromatic amines is 2. The molecule has 0 spiro atoms. The van der Waals surface area contributed by atoms with Gasteiger partial charge in [0.2, 0.25) is 0 Å². The maximum atomic E-state index is 12.4. The lowest BCUT2D eigenvalue weighted by atomic mass is 10.1. The SMILES string of the molecule is O=C(Oc1cccc2c[nH]cc12)c1cccc2c[nH]cc12. The van der Waals surface area contributed by atoms with Crippen LogP contribution < -0.4 is 4.74 Å². The standard InChI is InChI=1S/C17H12N2O2/c20-17(13-5-1-3-11-7-18-9-14(11)13)21-16-6-2-4-12-8-19-10-15(12)16/h1-10,18-19H. The Balaban J connectivity index is 1.76. The summed E-state index contributed by atoms with van der Waals surface area (Å²) in [5.74, 6) is 0.209. The maximum absolute atomic E-state index is 12.4. The van der Waals surface area contributed by atoms with Crippen LogP contribution in [-0.4, -0.2) is 15.9 Å². The highest BCUT2D eigenvalue weighted by Crippen LogP contribution is 2.27. The van der Waals surface area contributed by atoms with Gasteiger partial charge in [0.25, 0.3) is 0 Å². The van der Waals surface area contributed by atoms with Gasteiger partial charge in [-0.2, -0.15) is 0 Å². The van der Waals surface area contributed by atoms with Crippen LogP contribution >= 0.6 is 0 Å². The van der Waals surface area contributed by atoms with Crippen LogP contribution in [0.15, 0.2) is 61.2 Å². The minimum atomic E-state index is -0.353. The summed E-state index contributed by atoms with van der Waals surface area (Å²) >= 11 is 0. The Morgan fingerprint density at radius 1 is 0.810 bits per heavy atom. The summed E-state index contributed by atoms with van der Waals surface area (Å²) in [7, 11) is 0. The van der Waals surface area contributed by atoms with Crippen LogP contribution in [0.1, 0.15) is 10.4 Å². The Hall–Kier alpha value is -3.01. The van der Waals surface area contributed by atoms with E-state index in [0.717, 1.165) is 21.5 Å². The lowest BCUT2D eigenvalue weighted by Crippen LogP contribution is -2.08. The van der Waals surface area contributed by atoms with Gasteiger partial charge in [0.15, 0.2) is 0 Å². The first-order valence-corrected chi connectivity index (χ1v) is 6.66. The van der Waals surface area contributed by atoms with Crippen molar-refractivity contribution in [3.8, 4) is 5.75 Å². The number of hydrogen-bond donors (Lipinski definition) is 2. The molecule has 4 aromatic rings. The molecule has 0 saturated heterocycles. The van der Waals surface area contributed by atoms with E-state index >= 15 is 0 Å². The summed E-state index contributed by atoms with van der Waals surface area (Å²) in [5, 5.41) is 3.76. The summed E-state index contributed by atoms with van der Waals surface area (Å²) < 4.78 is 5.58. The van der Waals surface area contributed by atoms with E-state index in [1.807, 2.05) is 49.1 Å². The molecule has 0 radical (unpaired) electrons. The summed E-state index contributed by atoms with van der Waals surface area (Å²) in [5.41, 5.74) is 0.557. The van der Waals surface area contributed by atoms with Crippen molar-refractivity contribution < 1.29 is 9.53 Å². The van der Waals surface area contributed by atoms with Crippen LogP contribution in [0.25, 0.3) is 21.5 Å². The van der Waals surface area contributed by atoms with Crippen LogP contribution in [0.5, 0.6) is 5.75 Å². The summed E-state index contributed by atoms with van der Waals surface area (Å²) in [6.45, 7) is 0. The second-order valence-corrected chi connectivity index (χ2v) is 4.87. The van der Waals surface area contributed by atoms with E-state index in [1.165, 1.54) is 0 Å². The molecule has 0 amide bonds. The second kappa shape index (κ2) is 4.52. The Labute approximate surface area is 120 Å². The van der Waals surface area contributed by atoms with Crippen LogP contribution in [0, 0.1) is 0 Å². The molecule has 2 aromatic carbocycles. The zero-order valence-electron chi connectivity index (χ0n) is 11.1. The number of H-pyrrole nitrogens is 2. The molecule has 21 heavy (non-hydrogen) atoms. The first-order chi connectivity index (χ1) is 10.3. The van der Waals surface area contributed by atoms with Crippen molar-refractivity contribution in [2.45, 2.75) is 0 Å². The topological polar surface area (TPSA) is 57.9 Å². The third-order valence-electron chi connectivity index (χ3n) is 3.60. The third kappa shape index (κ3) is 1.89. The van der Waals surface area contributed by atoms with Crippen molar-refractivity contribution in [2.24, 2.45) is 0 Å². The molecule has 0 bridgehead atoms. The fourth-order valence-corrected chi connectivity index (χ4v) is 2.56. The average Bonchev–Trinajstić information content (AvgIpc) is 3.15. The van der Waals surface area contributed by atoms with Crippen molar-refractivity contribution in [1.29, 1.82) is 0 Å². The van der Waals surface area contributed by atoms with Gasteiger partial charge in [0.1, 0.15) is 5.75 Å². The molecule has 4 rings (SSSR count). The van der Waals surface area contributed by atoms with Gasteiger partial charge in [-0.25, -0.2) is 4.79 Å². The number of ether oxygens (including phenoxy) is 1. The molecule has 0 saturated carbocycles. The summed E-state index contributed by atoms with van der Waals surface area (Å²) in [4.78, 5) is 18.5. The molecule has 4 heteroatoms. The summed E-state index contributed by atoms with van der Waals surface area (Å²) in [6.07, 6.45) is 7.37. The lowest BCUT2D eigenvalue weighted by molar-refractivity contribution is 0.0739. The Kier molecular flexibility index (Phi) is 2.54. The monoisotopic (exact) mass is 276 g/mol. The molecule has 2 heterocycles. The van der Waals surface area contributed by atoms with Gasteiger partial charge in [0, 0.05) is 40.9 Å². The molecule has 0 unspecified atom stereocenters. The van der Waals surface area contributed by atoms with Crippen molar-refractivity contribution in [3.05, 3.63) is 66.7 Å². The van der Waals surface area contributed by atoms with Gasteiger partial charge in [0.05, 0.1) is 5.56 Å². The summed E-state index contributed by atoms with van der Waals surface area (Å²) in [6, 6.07) is 11.2. The number of benzene rings is 2. The van der Waals surface area contributed by atoms with Crippen molar-refractivity contribution >= 4 is 27.5 Å². The molecular weight excluding hydrogens is 264 g/mol. The zero-order chi connectivity index (χ0) is 14.2. The Bertz CT molecular complexity index is 949. The number of fused-ring (bicyclic) bond motifs is 2. The van der Waals surface area contributed by atoms with Crippen LogP contribution in [0.2, 0.25) is 0 Å². The fraction of sp³-hybridized carbons (Fsp3) is 0. The maximum Gasteiger partial charge on any atom is 0.344 e. The highest BCUT2D eigenvalue weighted by Gasteiger charge is 2.14.